The third kappa shape index (κ3) is 2.63. The molecule has 0 aliphatic heterocycles. The van der Waals surface area contributed by atoms with Gasteiger partial charge in [-0.3, -0.25) is 4.68 Å². The minimum Gasteiger partial charge on any atom is -0.362 e. The van der Waals surface area contributed by atoms with E-state index in [1.54, 1.807) is 22.7 Å². The van der Waals surface area contributed by atoms with Gasteiger partial charge in [-0.2, -0.15) is 5.10 Å². The molecule has 0 aliphatic carbocycles. The molecule has 4 aromatic rings. The summed E-state index contributed by atoms with van der Waals surface area (Å²) in [5.74, 6) is -0.0236. The van der Waals surface area contributed by atoms with Crippen LogP contribution in [0.25, 0.3) is 32.9 Å². The summed E-state index contributed by atoms with van der Waals surface area (Å²) in [6.07, 6.45) is 5.34. The van der Waals surface area contributed by atoms with Gasteiger partial charge in [-0.15, -0.1) is 0 Å². The second-order valence-corrected chi connectivity index (χ2v) is 6.16. The molecule has 3 heterocycles. The third-order valence-corrected chi connectivity index (χ3v) is 4.48. The third-order valence-electron chi connectivity index (χ3n) is 4.19. The zero-order chi connectivity index (χ0) is 18.3. The first-order valence-electron chi connectivity index (χ1n) is 7.98. The lowest BCUT2D eigenvalue weighted by atomic mass is 10.0. The molecule has 128 valence electrons. The van der Waals surface area contributed by atoms with Crippen LogP contribution in [0, 0.1) is 12.4 Å². The Kier molecular flexibility index (Phi) is 3.94. The van der Waals surface area contributed by atoms with Gasteiger partial charge in [0.1, 0.15) is 11.5 Å². The van der Waals surface area contributed by atoms with Gasteiger partial charge in [0.15, 0.2) is 0 Å². The number of halogens is 2. The first-order chi connectivity index (χ1) is 12.6. The molecule has 4 rings (SSSR count). The van der Waals surface area contributed by atoms with Crippen LogP contribution in [-0.2, 0) is 6.54 Å². The predicted octanol–water partition coefficient (Wildman–Crippen LogP) is 5.23. The molecule has 0 atom stereocenters. The van der Waals surface area contributed by atoms with Crippen molar-refractivity contribution in [1.29, 1.82) is 0 Å². The highest BCUT2D eigenvalue weighted by atomic mass is 35.5. The Morgan fingerprint density at radius 1 is 1.19 bits per heavy atom. The number of aryl methyl sites for hydroxylation is 1. The highest BCUT2D eigenvalue weighted by molar-refractivity contribution is 6.31. The van der Waals surface area contributed by atoms with Crippen LogP contribution in [0.3, 0.4) is 0 Å². The molecule has 7 heteroatoms. The van der Waals surface area contributed by atoms with E-state index in [0.717, 1.165) is 16.7 Å². The number of nitrogens with zero attached hydrogens (tertiary/aromatic N) is 5. The smallest absolute Gasteiger partial charge is 0.254 e. The number of imidazole rings is 1. The number of pyridine rings is 1. The Hall–Kier alpha value is -3.17. The van der Waals surface area contributed by atoms with E-state index in [9.17, 15) is 4.39 Å². The van der Waals surface area contributed by atoms with Crippen molar-refractivity contribution < 1.29 is 4.39 Å². The normalized spacial score (nSPS) is 11.0. The quantitative estimate of drug-likeness (QED) is 0.466. The lowest BCUT2D eigenvalue weighted by Gasteiger charge is -2.04. The minimum absolute atomic E-state index is 0.0554. The SMILES string of the molecule is [C-]#[N+]c1cnc2ccc(-c3cn(CC)nc3-c3ccc(F)c(Cl)c3)cn12. The fourth-order valence-corrected chi connectivity index (χ4v) is 3.04. The summed E-state index contributed by atoms with van der Waals surface area (Å²) in [6.45, 7) is 9.96. The molecule has 0 radical (unpaired) electrons. The highest BCUT2D eigenvalue weighted by Gasteiger charge is 2.16. The molecule has 3 aromatic heterocycles. The van der Waals surface area contributed by atoms with Gasteiger partial charge in [0, 0.05) is 35.5 Å². The van der Waals surface area contributed by atoms with Crippen molar-refractivity contribution in [1.82, 2.24) is 19.2 Å². The van der Waals surface area contributed by atoms with E-state index in [4.69, 9.17) is 18.2 Å². The van der Waals surface area contributed by atoms with E-state index in [-0.39, 0.29) is 5.02 Å². The van der Waals surface area contributed by atoms with E-state index >= 15 is 0 Å². The summed E-state index contributed by atoms with van der Waals surface area (Å²) >= 11 is 5.95. The van der Waals surface area contributed by atoms with E-state index in [1.165, 1.54) is 6.07 Å². The molecule has 1 aromatic carbocycles. The van der Waals surface area contributed by atoms with Gasteiger partial charge in [0.2, 0.25) is 5.65 Å². The van der Waals surface area contributed by atoms with Crippen LogP contribution in [0.4, 0.5) is 10.2 Å². The maximum Gasteiger partial charge on any atom is 0.254 e. The molecule has 0 spiro atoms. The van der Waals surface area contributed by atoms with Gasteiger partial charge in [0.05, 0.1) is 17.4 Å². The zero-order valence-corrected chi connectivity index (χ0v) is 14.6. The van der Waals surface area contributed by atoms with Crippen molar-refractivity contribution in [2.45, 2.75) is 13.5 Å². The molecule has 0 saturated heterocycles. The average Bonchev–Trinajstić information content (AvgIpc) is 3.27. The molecule has 0 saturated carbocycles. The van der Waals surface area contributed by atoms with Gasteiger partial charge in [-0.1, -0.05) is 18.2 Å². The number of benzene rings is 1. The van der Waals surface area contributed by atoms with Crippen molar-refractivity contribution in [3.63, 3.8) is 0 Å². The largest absolute Gasteiger partial charge is 0.362 e. The van der Waals surface area contributed by atoms with Crippen LogP contribution in [0.1, 0.15) is 6.92 Å². The fraction of sp³-hybridized carbons (Fsp3) is 0.105. The van der Waals surface area contributed by atoms with Crippen LogP contribution in [0.5, 0.6) is 0 Å². The Morgan fingerprint density at radius 2 is 2.00 bits per heavy atom. The molecule has 0 aliphatic rings. The maximum atomic E-state index is 13.5. The second kappa shape index (κ2) is 6.28. The molecule has 0 unspecified atom stereocenters. The van der Waals surface area contributed by atoms with Gasteiger partial charge < -0.3 is 4.85 Å². The topological polar surface area (TPSA) is 39.5 Å². The maximum absolute atomic E-state index is 13.5. The Labute approximate surface area is 154 Å². The Bertz CT molecular complexity index is 1170. The zero-order valence-electron chi connectivity index (χ0n) is 13.8. The number of aromatic nitrogens is 4. The predicted molar refractivity (Wildman–Crippen MR) is 98.8 cm³/mol. The fourth-order valence-electron chi connectivity index (χ4n) is 2.86. The number of hydrogen-bond donors (Lipinski definition) is 0. The Morgan fingerprint density at radius 3 is 2.73 bits per heavy atom. The number of hydrogen-bond acceptors (Lipinski definition) is 2. The van der Waals surface area contributed by atoms with Gasteiger partial charge >= 0.3 is 0 Å². The monoisotopic (exact) mass is 365 g/mol. The summed E-state index contributed by atoms with van der Waals surface area (Å²) in [4.78, 5) is 7.70. The van der Waals surface area contributed by atoms with E-state index < -0.39 is 5.82 Å². The highest BCUT2D eigenvalue weighted by Crippen LogP contribution is 2.33. The lowest BCUT2D eigenvalue weighted by molar-refractivity contribution is 0.628. The molecule has 0 fully saturated rings. The van der Waals surface area contributed by atoms with Gasteiger partial charge in [-0.25, -0.2) is 13.8 Å². The summed E-state index contributed by atoms with van der Waals surface area (Å²) in [7, 11) is 0. The summed E-state index contributed by atoms with van der Waals surface area (Å²) in [5.41, 5.74) is 3.90. The summed E-state index contributed by atoms with van der Waals surface area (Å²) in [6, 6.07) is 8.36. The van der Waals surface area contributed by atoms with Gasteiger partial charge in [0.25, 0.3) is 5.82 Å². The molecule has 0 bridgehead atoms. The lowest BCUT2D eigenvalue weighted by Crippen LogP contribution is -1.94. The molecular weight excluding hydrogens is 353 g/mol. The summed E-state index contributed by atoms with van der Waals surface area (Å²) < 4.78 is 17.1. The first kappa shape index (κ1) is 16.3. The second-order valence-electron chi connectivity index (χ2n) is 5.75. The molecule has 0 N–H and O–H groups in total. The Balaban J connectivity index is 1.92. The van der Waals surface area contributed by atoms with Crippen LogP contribution in [0.2, 0.25) is 5.02 Å². The number of fused-ring (bicyclic) bond motifs is 1. The van der Waals surface area contributed by atoms with Crippen LogP contribution < -0.4 is 0 Å². The molecular formula is C19H13ClFN5. The standard InChI is InChI=1S/C19H13ClFN5/c1-3-25-11-14(19(24-25)12-4-6-16(21)15(20)8-12)13-5-7-17-23-9-18(22-2)26(17)10-13/h4-11H,3H2,1H3. The molecule has 0 amide bonds. The van der Waals surface area contributed by atoms with Crippen molar-refractivity contribution in [2.24, 2.45) is 0 Å². The molecule has 5 nitrogen and oxygen atoms in total. The van der Waals surface area contributed by atoms with Crippen LogP contribution in [0.15, 0.2) is 48.9 Å². The summed E-state index contributed by atoms with van der Waals surface area (Å²) in [5, 5.41) is 4.66. The van der Waals surface area contributed by atoms with E-state index in [0.29, 0.717) is 23.7 Å². The molecule has 26 heavy (non-hydrogen) atoms. The van der Waals surface area contributed by atoms with Crippen molar-refractivity contribution in [3.8, 4) is 22.4 Å². The van der Waals surface area contributed by atoms with Crippen molar-refractivity contribution >= 4 is 23.1 Å². The minimum atomic E-state index is -0.464. The average molecular weight is 366 g/mol. The first-order valence-corrected chi connectivity index (χ1v) is 8.36. The van der Waals surface area contributed by atoms with Crippen LogP contribution in [-0.4, -0.2) is 19.2 Å². The number of rotatable bonds is 3. The van der Waals surface area contributed by atoms with Crippen LogP contribution >= 0.6 is 11.6 Å². The van der Waals surface area contributed by atoms with Crippen molar-refractivity contribution in [2.75, 3.05) is 0 Å². The van der Waals surface area contributed by atoms with E-state index in [2.05, 4.69) is 14.9 Å². The van der Waals surface area contributed by atoms with Crippen molar-refractivity contribution in [3.05, 3.63) is 71.2 Å². The van der Waals surface area contributed by atoms with Gasteiger partial charge in [-0.05, 0) is 31.2 Å². The van der Waals surface area contributed by atoms with E-state index in [1.807, 2.05) is 36.1 Å².